The van der Waals surface area contributed by atoms with Crippen LogP contribution in [0.3, 0.4) is 0 Å². The number of nitrogens with two attached hydrogens (primary N) is 1. The highest BCUT2D eigenvalue weighted by Gasteiger charge is 1.96. The van der Waals surface area contributed by atoms with Gasteiger partial charge < -0.3 is 10.2 Å². The predicted molar refractivity (Wildman–Crippen MR) is 62.0 cm³/mol. The fourth-order valence-corrected chi connectivity index (χ4v) is 2.09. The first-order chi connectivity index (χ1) is 7.13. The summed E-state index contributed by atoms with van der Waals surface area (Å²) in [6.45, 7) is 6.67. The molecule has 88 valence electrons. The zero-order valence-electron chi connectivity index (χ0n) is 9.25. The maximum absolute atomic E-state index is 9.94. The molecule has 0 radical (unpaired) electrons. The van der Waals surface area contributed by atoms with Crippen molar-refractivity contribution in [3.05, 3.63) is 12.2 Å². The van der Waals surface area contributed by atoms with Gasteiger partial charge in [-0.3, -0.25) is 4.84 Å². The second-order valence-electron chi connectivity index (χ2n) is 3.39. The van der Waals surface area contributed by atoms with Crippen LogP contribution in [0.5, 0.6) is 0 Å². The quantitative estimate of drug-likeness (QED) is 0.422. The van der Waals surface area contributed by atoms with Crippen molar-refractivity contribution < 1.29 is 14.1 Å². The molecule has 1 rings (SSSR count). The lowest BCUT2D eigenvalue weighted by Crippen LogP contribution is -2.29. The van der Waals surface area contributed by atoms with E-state index >= 15 is 0 Å². The molecule has 3 N–H and O–H groups in total. The van der Waals surface area contributed by atoms with Gasteiger partial charge in [-0.25, -0.2) is 10.3 Å². The van der Waals surface area contributed by atoms with Gasteiger partial charge in [-0.2, -0.15) is 0 Å². The lowest BCUT2D eigenvalue weighted by molar-refractivity contribution is 0.0810. The average Bonchev–Trinajstić information content (AvgIpc) is 2.20. The van der Waals surface area contributed by atoms with Crippen LogP contribution in [0.2, 0.25) is 6.04 Å². The number of primary amides is 1. The van der Waals surface area contributed by atoms with Gasteiger partial charge >= 0.3 is 6.03 Å². The molecule has 0 atom stereocenters. The predicted octanol–water partition coefficient (Wildman–Crippen LogP) is 0.461. The molecule has 1 heterocycles. The van der Waals surface area contributed by atoms with Gasteiger partial charge in [0, 0.05) is 6.61 Å². The molecular formula is C9H20N2O3Si. The Kier molecular flexibility index (Phi) is 9.14. The molecule has 0 aromatic heterocycles. The first kappa shape index (κ1) is 14.1. The van der Waals surface area contributed by atoms with Crippen molar-refractivity contribution in [2.75, 3.05) is 13.2 Å². The highest BCUT2D eigenvalue weighted by atomic mass is 28.2. The Morgan fingerprint density at radius 2 is 2.40 bits per heavy atom. The van der Waals surface area contributed by atoms with Crippen LogP contribution in [-0.4, -0.2) is 29.0 Å². The number of hydrogen-bond donors (Lipinski definition) is 2. The minimum absolute atomic E-state index is 0.00849. The summed E-state index contributed by atoms with van der Waals surface area (Å²) in [6, 6.07) is 0.719. The van der Waals surface area contributed by atoms with E-state index in [1.165, 1.54) is 18.9 Å². The molecule has 1 aliphatic rings. The number of amides is 2. The van der Waals surface area contributed by atoms with Crippen molar-refractivity contribution in [3.8, 4) is 0 Å². The van der Waals surface area contributed by atoms with E-state index in [0.717, 1.165) is 12.2 Å². The van der Waals surface area contributed by atoms with Gasteiger partial charge in [0.05, 0.1) is 6.61 Å². The molecule has 1 aliphatic heterocycles. The normalized spacial score (nSPS) is 16.3. The number of urea groups is 1. The van der Waals surface area contributed by atoms with Crippen LogP contribution in [0, 0.1) is 0 Å². The molecule has 0 unspecified atom stereocenters. The van der Waals surface area contributed by atoms with Crippen molar-refractivity contribution >= 4 is 15.8 Å². The number of nitrogens with one attached hydrogen (secondary N) is 1. The fourth-order valence-electron chi connectivity index (χ4n) is 0.918. The molecule has 0 aromatic carbocycles. The van der Waals surface area contributed by atoms with E-state index in [9.17, 15) is 4.79 Å². The maximum atomic E-state index is 9.94. The standard InChI is InChI=1S/C5H10N2O2.C4H10OSi/c1-4(2)3-9-7-5(6)8;1-2-4-6-5-3-1/h1,3H2,2H3,(H3,6,7,8);1-4,6H2. The van der Waals surface area contributed by atoms with Crippen molar-refractivity contribution in [1.82, 2.24) is 5.48 Å². The SMILES string of the molecule is C1CC[SiH2]OC1.C=C(C)CONC(N)=O. The van der Waals surface area contributed by atoms with Crippen LogP contribution in [0.15, 0.2) is 12.2 Å². The first-order valence-electron chi connectivity index (χ1n) is 5.02. The zero-order valence-corrected chi connectivity index (χ0v) is 10.7. The Morgan fingerprint density at radius 3 is 2.67 bits per heavy atom. The molecule has 6 heteroatoms. The third-order valence-electron chi connectivity index (χ3n) is 1.57. The summed E-state index contributed by atoms with van der Waals surface area (Å²) in [5.41, 5.74) is 7.45. The van der Waals surface area contributed by atoms with E-state index in [1.54, 1.807) is 6.92 Å². The summed E-state index contributed by atoms with van der Waals surface area (Å²) in [5.74, 6) is 0. The molecule has 5 nitrogen and oxygen atoms in total. The number of rotatable bonds is 3. The van der Waals surface area contributed by atoms with E-state index in [2.05, 4.69) is 17.2 Å². The number of hydroxylamine groups is 1. The van der Waals surface area contributed by atoms with Gasteiger partial charge in [0.15, 0.2) is 9.76 Å². The van der Waals surface area contributed by atoms with E-state index in [-0.39, 0.29) is 9.76 Å². The number of carbonyl (C=O) groups excluding carboxylic acids is 1. The van der Waals surface area contributed by atoms with E-state index < -0.39 is 6.03 Å². The lowest BCUT2D eigenvalue weighted by atomic mass is 10.4. The minimum atomic E-state index is -0.698. The van der Waals surface area contributed by atoms with Crippen LogP contribution in [0.25, 0.3) is 0 Å². The highest BCUT2D eigenvalue weighted by molar-refractivity contribution is 6.27. The summed E-state index contributed by atoms with van der Waals surface area (Å²) < 4.78 is 5.21. The van der Waals surface area contributed by atoms with Crippen molar-refractivity contribution in [1.29, 1.82) is 0 Å². The van der Waals surface area contributed by atoms with Crippen molar-refractivity contribution in [2.24, 2.45) is 5.73 Å². The third kappa shape index (κ3) is 13.1. The number of carbonyl (C=O) groups is 1. The van der Waals surface area contributed by atoms with E-state index in [0.29, 0.717) is 6.61 Å². The Balaban J connectivity index is 0.000000280. The van der Waals surface area contributed by atoms with E-state index in [4.69, 9.17) is 4.43 Å². The molecule has 15 heavy (non-hydrogen) atoms. The van der Waals surface area contributed by atoms with Crippen LogP contribution in [-0.2, 0) is 9.26 Å². The van der Waals surface area contributed by atoms with Gasteiger partial charge in [0.25, 0.3) is 0 Å². The molecule has 0 saturated carbocycles. The second-order valence-corrected chi connectivity index (χ2v) is 4.91. The highest BCUT2D eigenvalue weighted by Crippen LogP contribution is 2.01. The van der Waals surface area contributed by atoms with E-state index in [1.807, 2.05) is 5.48 Å². The van der Waals surface area contributed by atoms with Crippen LogP contribution in [0.1, 0.15) is 19.8 Å². The monoisotopic (exact) mass is 232 g/mol. The lowest BCUT2D eigenvalue weighted by Gasteiger charge is -2.07. The van der Waals surface area contributed by atoms with Gasteiger partial charge in [0.2, 0.25) is 0 Å². The molecule has 0 spiro atoms. The molecule has 0 bridgehead atoms. The minimum Gasteiger partial charge on any atom is -0.424 e. The zero-order chi connectivity index (χ0) is 11.5. The number of hydrogen-bond acceptors (Lipinski definition) is 3. The summed E-state index contributed by atoms with van der Waals surface area (Å²) in [7, 11) is 0.00849. The van der Waals surface area contributed by atoms with Crippen LogP contribution >= 0.6 is 0 Å². The maximum Gasteiger partial charge on any atom is 0.336 e. The smallest absolute Gasteiger partial charge is 0.336 e. The summed E-state index contributed by atoms with van der Waals surface area (Å²) in [4.78, 5) is 14.5. The summed E-state index contributed by atoms with van der Waals surface area (Å²) in [6.07, 6.45) is 2.75. The van der Waals surface area contributed by atoms with Crippen molar-refractivity contribution in [3.63, 3.8) is 0 Å². The molecular weight excluding hydrogens is 212 g/mol. The second kappa shape index (κ2) is 9.69. The Morgan fingerprint density at radius 1 is 1.67 bits per heavy atom. The topological polar surface area (TPSA) is 73.6 Å². The molecule has 0 aliphatic carbocycles. The largest absolute Gasteiger partial charge is 0.424 e. The van der Waals surface area contributed by atoms with Gasteiger partial charge in [0.1, 0.15) is 0 Å². The van der Waals surface area contributed by atoms with Gasteiger partial charge in [-0.15, -0.1) is 0 Å². The fraction of sp³-hybridized carbons (Fsp3) is 0.667. The third-order valence-corrected chi connectivity index (χ3v) is 2.93. The Hall–Kier alpha value is -0.853. The van der Waals surface area contributed by atoms with Gasteiger partial charge in [-0.1, -0.05) is 18.6 Å². The van der Waals surface area contributed by atoms with Crippen LogP contribution in [0.4, 0.5) is 4.79 Å². The summed E-state index contributed by atoms with van der Waals surface area (Å²) >= 11 is 0. The Bertz CT molecular complexity index is 170. The molecule has 0 aromatic rings. The van der Waals surface area contributed by atoms with Crippen molar-refractivity contribution in [2.45, 2.75) is 25.8 Å². The summed E-state index contributed by atoms with van der Waals surface area (Å²) in [5, 5.41) is 0. The molecule has 1 fully saturated rings. The molecule has 2 amide bonds. The Labute approximate surface area is 92.9 Å². The average molecular weight is 232 g/mol. The first-order valence-corrected chi connectivity index (χ1v) is 6.60. The van der Waals surface area contributed by atoms with Gasteiger partial charge in [-0.05, 0) is 19.4 Å². The van der Waals surface area contributed by atoms with Crippen LogP contribution < -0.4 is 11.2 Å². The molecule has 1 saturated heterocycles.